The van der Waals surface area contributed by atoms with Crippen LogP contribution < -0.4 is 42.1 Å². The number of benzene rings is 2. The molecule has 2 aromatic rings. The summed E-state index contributed by atoms with van der Waals surface area (Å²) < 4.78 is 11.0. The predicted octanol–water partition coefficient (Wildman–Crippen LogP) is -1.15. The maximum atomic E-state index is 11.8. The summed E-state index contributed by atoms with van der Waals surface area (Å²) in [4.78, 5) is 11.8. The maximum Gasteiger partial charge on any atom is 0.251 e. The number of quaternary nitrogens is 1. The summed E-state index contributed by atoms with van der Waals surface area (Å²) in [6.45, 7) is 6.61. The Balaban J connectivity index is 0.00000261. The molecule has 0 saturated carbocycles. The molecule has 3 rings (SSSR count). The van der Waals surface area contributed by atoms with Gasteiger partial charge in [-0.25, -0.2) is 5.43 Å². The van der Waals surface area contributed by atoms with Gasteiger partial charge < -0.3 is 26.5 Å². The molecule has 1 atom stereocenters. The number of rotatable bonds is 7. The molecule has 0 aromatic heterocycles. The average Bonchev–Trinajstić information content (AvgIpc) is 3.09. The number of anilines is 1. The van der Waals surface area contributed by atoms with Crippen molar-refractivity contribution in [2.75, 3.05) is 18.3 Å². The monoisotopic (exact) mass is 434 g/mol. The van der Waals surface area contributed by atoms with E-state index in [1.165, 1.54) is 6.92 Å². The molecule has 7 nitrogen and oxygen atoms in total. The summed E-state index contributed by atoms with van der Waals surface area (Å²) in [5.41, 5.74) is 4.81. The van der Waals surface area contributed by atoms with Gasteiger partial charge in [0.1, 0.15) is 17.2 Å². The van der Waals surface area contributed by atoms with E-state index in [2.05, 4.69) is 10.5 Å². The third kappa shape index (κ3) is 4.78. The zero-order valence-corrected chi connectivity index (χ0v) is 17.1. The molecule has 0 bridgehead atoms. The summed E-state index contributed by atoms with van der Waals surface area (Å²) in [5, 5.41) is 6.93. The molecule has 0 saturated heterocycles. The Morgan fingerprint density at radius 2 is 1.52 bits per heavy atom. The lowest BCUT2D eigenvalue weighted by Gasteiger charge is -2.21. The third-order valence-electron chi connectivity index (χ3n) is 3.81. The molecule has 0 amide bonds. The zero-order chi connectivity index (χ0) is 18.5. The highest BCUT2D eigenvalue weighted by Crippen LogP contribution is 2.19. The molecule has 0 aliphatic carbocycles. The van der Waals surface area contributed by atoms with E-state index in [1.807, 2.05) is 62.4 Å². The maximum absolute atomic E-state index is 11.8. The van der Waals surface area contributed by atoms with E-state index in [0.717, 1.165) is 22.9 Å². The summed E-state index contributed by atoms with van der Waals surface area (Å²) in [5.74, 6) is 1.78. The van der Waals surface area contributed by atoms with E-state index in [0.29, 0.717) is 24.2 Å². The minimum absolute atomic E-state index is 0. The highest BCUT2D eigenvalue weighted by atomic mass is 79.9. The molecule has 1 unspecified atom stereocenters. The Labute approximate surface area is 169 Å². The van der Waals surface area contributed by atoms with Gasteiger partial charge in [0.15, 0.2) is 5.69 Å². The second kappa shape index (κ2) is 9.38. The Morgan fingerprint density at radius 1 is 1.00 bits per heavy atom. The smallest absolute Gasteiger partial charge is 0.251 e. The summed E-state index contributed by atoms with van der Waals surface area (Å²) >= 11 is 0. The number of halogens is 1. The van der Waals surface area contributed by atoms with Crippen LogP contribution in [0.15, 0.2) is 53.6 Å². The van der Waals surface area contributed by atoms with Crippen molar-refractivity contribution in [3.63, 3.8) is 0 Å². The Morgan fingerprint density at radius 3 is 2.00 bits per heavy atom. The number of ether oxygens (including phenoxy) is 2. The van der Waals surface area contributed by atoms with Crippen molar-refractivity contribution in [1.82, 2.24) is 5.43 Å². The molecular formula is C19H23BrN4O3. The van der Waals surface area contributed by atoms with Gasteiger partial charge in [0.25, 0.3) is 5.84 Å². The fourth-order valence-electron chi connectivity index (χ4n) is 2.60. The topological polar surface area (TPSA) is 67.6 Å². The van der Waals surface area contributed by atoms with E-state index in [-0.39, 0.29) is 22.8 Å². The molecule has 1 aliphatic rings. The van der Waals surface area contributed by atoms with Crippen molar-refractivity contribution < 1.29 is 36.4 Å². The van der Waals surface area contributed by atoms with Gasteiger partial charge in [0.2, 0.25) is 5.78 Å². The fraction of sp³-hybridized carbons (Fsp3) is 0.263. The number of hydrazine groups is 1. The van der Waals surface area contributed by atoms with Crippen LogP contribution in [0.1, 0.15) is 20.8 Å². The minimum atomic E-state index is -0.123. The molecule has 2 N–H and O–H groups in total. The van der Waals surface area contributed by atoms with Gasteiger partial charge in [-0.15, -0.1) is 0 Å². The first-order valence-electron chi connectivity index (χ1n) is 8.61. The summed E-state index contributed by atoms with van der Waals surface area (Å²) in [6.07, 6.45) is 0. The molecule has 144 valence electrons. The molecule has 27 heavy (non-hydrogen) atoms. The lowest BCUT2D eigenvalue weighted by Crippen LogP contribution is -3.10. The third-order valence-corrected chi connectivity index (χ3v) is 3.81. The average molecular weight is 435 g/mol. The highest BCUT2D eigenvalue weighted by Gasteiger charge is 2.33. The zero-order valence-electron chi connectivity index (χ0n) is 15.5. The molecule has 0 spiro atoms. The van der Waals surface area contributed by atoms with Crippen molar-refractivity contribution in [2.24, 2.45) is 5.10 Å². The lowest BCUT2D eigenvalue weighted by molar-refractivity contribution is -0.846. The number of ketones is 1. The molecule has 0 radical (unpaired) electrons. The van der Waals surface area contributed by atoms with Crippen molar-refractivity contribution in [3.8, 4) is 11.5 Å². The number of carbonyl (C=O) groups is 1. The Hall–Kier alpha value is -2.58. The SMILES string of the molecule is CCOc1ccc(N2NC(C(C)=O)=N[NH+]2c2ccc(OCC)cc2)cc1.[Br-]. The number of nitrogens with zero attached hydrogens (tertiary/aromatic N) is 2. The van der Waals surface area contributed by atoms with Gasteiger partial charge >= 0.3 is 0 Å². The minimum Gasteiger partial charge on any atom is -1.00 e. The second-order valence-corrected chi connectivity index (χ2v) is 5.67. The van der Waals surface area contributed by atoms with Crippen molar-refractivity contribution in [1.29, 1.82) is 0 Å². The Kier molecular flexibility index (Phi) is 7.20. The quantitative estimate of drug-likeness (QED) is 0.575. The van der Waals surface area contributed by atoms with Gasteiger partial charge in [0.05, 0.1) is 13.2 Å². The largest absolute Gasteiger partial charge is 1.00 e. The van der Waals surface area contributed by atoms with E-state index < -0.39 is 0 Å². The molecular weight excluding hydrogens is 412 g/mol. The molecule has 0 fully saturated rings. The van der Waals surface area contributed by atoms with Gasteiger partial charge in [-0.1, -0.05) is 10.2 Å². The van der Waals surface area contributed by atoms with Crippen LogP contribution in [0.5, 0.6) is 11.5 Å². The van der Waals surface area contributed by atoms with Crippen LogP contribution in [-0.4, -0.2) is 24.8 Å². The predicted molar refractivity (Wildman–Crippen MR) is 99.6 cm³/mol. The molecule has 1 aliphatic heterocycles. The van der Waals surface area contributed by atoms with Gasteiger partial charge in [0, 0.05) is 19.1 Å². The van der Waals surface area contributed by atoms with Gasteiger partial charge in [-0.05, 0) is 55.3 Å². The Bertz CT molecular complexity index is 794. The normalized spacial score (nSPS) is 15.4. The molecule has 2 aromatic carbocycles. The highest BCUT2D eigenvalue weighted by molar-refractivity contribution is 6.38. The van der Waals surface area contributed by atoms with Crippen LogP contribution in [0.4, 0.5) is 11.4 Å². The van der Waals surface area contributed by atoms with Crippen molar-refractivity contribution in [3.05, 3.63) is 48.5 Å². The number of amidine groups is 1. The van der Waals surface area contributed by atoms with Crippen LogP contribution in [0.3, 0.4) is 0 Å². The van der Waals surface area contributed by atoms with Crippen LogP contribution in [-0.2, 0) is 4.79 Å². The fourth-order valence-corrected chi connectivity index (χ4v) is 2.60. The van der Waals surface area contributed by atoms with Crippen LogP contribution in [0, 0.1) is 0 Å². The molecule has 8 heteroatoms. The molecule has 1 heterocycles. The lowest BCUT2D eigenvalue weighted by atomic mass is 10.3. The van der Waals surface area contributed by atoms with E-state index in [1.54, 1.807) is 5.12 Å². The van der Waals surface area contributed by atoms with E-state index in [9.17, 15) is 4.79 Å². The first-order valence-corrected chi connectivity index (χ1v) is 8.61. The van der Waals surface area contributed by atoms with Crippen LogP contribution in [0.25, 0.3) is 0 Å². The summed E-state index contributed by atoms with van der Waals surface area (Å²) in [6, 6.07) is 15.3. The number of hydrogen-bond acceptors (Lipinski definition) is 6. The standard InChI is InChI=1S/C19H22N4O3.BrH/c1-4-25-17-10-6-15(7-11-17)22-20-19(14(3)24)21-23(22)16-8-12-18(13-9-16)26-5-2;/h6-13H,4-5H2,1-3H3,(H,20,21);1H. The van der Waals surface area contributed by atoms with E-state index >= 15 is 0 Å². The van der Waals surface area contributed by atoms with Crippen molar-refractivity contribution in [2.45, 2.75) is 20.8 Å². The first kappa shape index (κ1) is 20.7. The van der Waals surface area contributed by atoms with Crippen molar-refractivity contribution >= 4 is 23.0 Å². The van der Waals surface area contributed by atoms with E-state index in [4.69, 9.17) is 9.47 Å². The number of Topliss-reactive ketones (excluding diaryl/α,β-unsaturated/α-hetero) is 1. The van der Waals surface area contributed by atoms with Gasteiger partial charge in [-0.3, -0.25) is 4.79 Å². The van der Waals surface area contributed by atoms with Crippen LogP contribution >= 0.6 is 0 Å². The number of hydrogen-bond donors (Lipinski definition) is 2. The summed E-state index contributed by atoms with van der Waals surface area (Å²) in [7, 11) is 0. The van der Waals surface area contributed by atoms with Crippen LogP contribution in [0.2, 0.25) is 0 Å². The van der Waals surface area contributed by atoms with Gasteiger partial charge in [-0.2, -0.15) is 0 Å². The number of carbonyl (C=O) groups excluding carboxylic acids is 1. The second-order valence-electron chi connectivity index (χ2n) is 5.67. The first-order chi connectivity index (χ1) is 12.6. The number of nitrogens with one attached hydrogen (secondary N) is 2.